The third-order valence-electron chi connectivity index (χ3n) is 5.54. The maximum absolute atomic E-state index is 13.6. The molecule has 0 radical (unpaired) electrons. The van der Waals surface area contributed by atoms with E-state index < -0.39 is 29.3 Å². The maximum atomic E-state index is 13.6. The van der Waals surface area contributed by atoms with Crippen LogP contribution in [-0.2, 0) is 10.9 Å². The third kappa shape index (κ3) is 3.94. The highest BCUT2D eigenvalue weighted by molar-refractivity contribution is 6.38. The number of ether oxygens (including phenoxy) is 1. The van der Waals surface area contributed by atoms with E-state index in [1.165, 1.54) is 16.0 Å². The van der Waals surface area contributed by atoms with E-state index in [1.54, 1.807) is 18.9 Å². The average Bonchev–Trinajstić information content (AvgIpc) is 3.29. The molecular formula is C20H21ClF3N3O4. The monoisotopic (exact) mass is 459 g/mol. The van der Waals surface area contributed by atoms with Gasteiger partial charge in [-0.15, -0.1) is 0 Å². The molecule has 0 unspecified atom stereocenters. The zero-order chi connectivity index (χ0) is 22.5. The second kappa shape index (κ2) is 7.90. The number of fused-ring (bicyclic) bond motifs is 1. The van der Waals surface area contributed by atoms with Gasteiger partial charge in [-0.25, -0.2) is 14.8 Å². The molecule has 1 aromatic carbocycles. The summed E-state index contributed by atoms with van der Waals surface area (Å²) in [6.45, 7) is 5.59. The van der Waals surface area contributed by atoms with E-state index in [0.29, 0.717) is 31.8 Å². The Labute approximate surface area is 181 Å². The van der Waals surface area contributed by atoms with Crippen molar-refractivity contribution in [3.63, 3.8) is 0 Å². The predicted octanol–water partition coefficient (Wildman–Crippen LogP) is 4.35. The van der Waals surface area contributed by atoms with E-state index in [2.05, 4.69) is 0 Å². The Morgan fingerprint density at radius 3 is 2.35 bits per heavy atom. The molecule has 0 N–H and O–H groups in total. The minimum atomic E-state index is -4.65. The Morgan fingerprint density at radius 2 is 1.81 bits per heavy atom. The number of furan rings is 1. The number of alkyl halides is 3. The van der Waals surface area contributed by atoms with E-state index in [4.69, 9.17) is 20.8 Å². The lowest BCUT2D eigenvalue weighted by molar-refractivity contribution is -0.136. The molecule has 168 valence electrons. The fourth-order valence-electron chi connectivity index (χ4n) is 3.80. The van der Waals surface area contributed by atoms with Crippen molar-refractivity contribution >= 4 is 34.6 Å². The van der Waals surface area contributed by atoms with Crippen LogP contribution in [0.25, 0.3) is 11.0 Å². The van der Waals surface area contributed by atoms with Gasteiger partial charge < -0.3 is 14.1 Å². The molecular weight excluding hydrogens is 439 g/mol. The molecule has 0 aliphatic carbocycles. The summed E-state index contributed by atoms with van der Waals surface area (Å²) in [7, 11) is 0. The van der Waals surface area contributed by atoms with Crippen LogP contribution in [0.2, 0.25) is 5.02 Å². The summed E-state index contributed by atoms with van der Waals surface area (Å²) in [6.07, 6.45) is -5.08. The average molecular weight is 460 g/mol. The predicted molar refractivity (Wildman–Crippen MR) is 106 cm³/mol. The summed E-state index contributed by atoms with van der Waals surface area (Å²) in [6, 6.07) is 2.57. The van der Waals surface area contributed by atoms with Crippen molar-refractivity contribution in [2.45, 2.75) is 25.9 Å². The normalized spacial score (nSPS) is 18.4. The number of halogens is 4. The zero-order valence-corrected chi connectivity index (χ0v) is 17.7. The van der Waals surface area contributed by atoms with Crippen LogP contribution in [0.3, 0.4) is 0 Å². The smallest absolute Gasteiger partial charge is 0.424 e. The van der Waals surface area contributed by atoms with Crippen molar-refractivity contribution in [3.05, 3.63) is 34.0 Å². The number of carbonyl (C=O) groups is 2. The molecule has 2 fully saturated rings. The molecule has 2 aliphatic heterocycles. The molecule has 0 bridgehead atoms. The standard InChI is InChI=1S/C20H21ClF3N3O4/c1-11(2)12-9-13-15(21)17(31-16(13)14(10-12)20(22,23)24)18(28)25-3-5-26(6-4-25)27-7-8-30-19(27)29/h9-11H,3-8H2,1-2H3. The molecule has 2 saturated heterocycles. The largest absolute Gasteiger partial charge is 0.449 e. The molecule has 11 heteroatoms. The van der Waals surface area contributed by atoms with Gasteiger partial charge in [-0.05, 0) is 23.6 Å². The van der Waals surface area contributed by atoms with E-state index in [1.807, 2.05) is 0 Å². The van der Waals surface area contributed by atoms with E-state index >= 15 is 0 Å². The Morgan fingerprint density at radius 1 is 1.13 bits per heavy atom. The van der Waals surface area contributed by atoms with Crippen molar-refractivity contribution < 1.29 is 31.9 Å². The number of amides is 2. The number of rotatable bonds is 3. The number of piperazine rings is 1. The number of cyclic esters (lactones) is 1. The van der Waals surface area contributed by atoms with Crippen LogP contribution in [0.15, 0.2) is 16.5 Å². The van der Waals surface area contributed by atoms with Crippen molar-refractivity contribution in [2.24, 2.45) is 0 Å². The highest BCUT2D eigenvalue weighted by atomic mass is 35.5. The SMILES string of the molecule is CC(C)c1cc(C(F)(F)F)c2oc(C(=O)N3CCN(N4CCOC4=O)CC3)c(Cl)c2c1. The number of benzene rings is 1. The number of hydrogen-bond acceptors (Lipinski definition) is 5. The Hall–Kier alpha value is -2.46. The summed E-state index contributed by atoms with van der Waals surface area (Å²) >= 11 is 6.33. The molecule has 3 heterocycles. The molecule has 2 aromatic rings. The fraction of sp³-hybridized carbons (Fsp3) is 0.500. The van der Waals surface area contributed by atoms with Gasteiger partial charge in [-0.2, -0.15) is 13.2 Å². The van der Waals surface area contributed by atoms with Gasteiger partial charge in [0.1, 0.15) is 12.2 Å². The summed E-state index contributed by atoms with van der Waals surface area (Å²) in [5.41, 5.74) is -0.941. The summed E-state index contributed by atoms with van der Waals surface area (Å²) < 4.78 is 51.2. The second-order valence-electron chi connectivity index (χ2n) is 7.83. The molecule has 4 rings (SSSR count). The minimum Gasteiger partial charge on any atom is -0.449 e. The molecule has 1 aromatic heterocycles. The molecule has 2 amide bonds. The lowest BCUT2D eigenvalue weighted by Crippen LogP contribution is -2.55. The lowest BCUT2D eigenvalue weighted by Gasteiger charge is -2.37. The van der Waals surface area contributed by atoms with E-state index in [-0.39, 0.29) is 35.2 Å². The van der Waals surface area contributed by atoms with Gasteiger partial charge in [0, 0.05) is 31.6 Å². The number of nitrogens with zero attached hydrogens (tertiary/aromatic N) is 3. The van der Waals surface area contributed by atoms with Crippen LogP contribution >= 0.6 is 11.6 Å². The van der Waals surface area contributed by atoms with E-state index in [0.717, 1.165) is 6.07 Å². The first kappa shape index (κ1) is 21.8. The van der Waals surface area contributed by atoms with Gasteiger partial charge >= 0.3 is 12.3 Å². The van der Waals surface area contributed by atoms with Gasteiger partial charge in [0.2, 0.25) is 5.76 Å². The minimum absolute atomic E-state index is 0.0713. The van der Waals surface area contributed by atoms with Crippen LogP contribution in [-0.4, -0.2) is 66.2 Å². The van der Waals surface area contributed by atoms with Gasteiger partial charge in [0.25, 0.3) is 5.91 Å². The Kier molecular flexibility index (Phi) is 5.55. The van der Waals surface area contributed by atoms with Crippen molar-refractivity contribution in [3.8, 4) is 0 Å². The number of carbonyl (C=O) groups excluding carboxylic acids is 2. The van der Waals surface area contributed by atoms with Crippen molar-refractivity contribution in [1.82, 2.24) is 14.9 Å². The highest BCUT2D eigenvalue weighted by Crippen LogP contribution is 2.42. The van der Waals surface area contributed by atoms with Gasteiger partial charge in [-0.3, -0.25) is 4.79 Å². The van der Waals surface area contributed by atoms with Gasteiger partial charge in [0.05, 0.1) is 17.1 Å². The topological polar surface area (TPSA) is 66.2 Å². The second-order valence-corrected chi connectivity index (χ2v) is 8.20. The third-order valence-corrected chi connectivity index (χ3v) is 5.92. The molecule has 0 saturated carbocycles. The molecule has 0 atom stereocenters. The molecule has 0 spiro atoms. The first-order chi connectivity index (χ1) is 14.6. The van der Waals surface area contributed by atoms with Gasteiger partial charge in [-0.1, -0.05) is 25.4 Å². The molecule has 2 aliphatic rings. The zero-order valence-electron chi connectivity index (χ0n) is 17.0. The van der Waals surface area contributed by atoms with Crippen LogP contribution < -0.4 is 0 Å². The Bertz CT molecular complexity index is 1030. The number of hydrogen-bond donors (Lipinski definition) is 0. The summed E-state index contributed by atoms with van der Waals surface area (Å²) in [5.74, 6) is -1.05. The summed E-state index contributed by atoms with van der Waals surface area (Å²) in [5, 5.41) is 3.22. The molecule has 31 heavy (non-hydrogen) atoms. The maximum Gasteiger partial charge on any atom is 0.424 e. The van der Waals surface area contributed by atoms with Crippen LogP contribution in [0.4, 0.5) is 18.0 Å². The highest BCUT2D eigenvalue weighted by Gasteiger charge is 2.38. The molecule has 7 nitrogen and oxygen atoms in total. The lowest BCUT2D eigenvalue weighted by atomic mass is 9.98. The van der Waals surface area contributed by atoms with Crippen molar-refractivity contribution in [2.75, 3.05) is 39.3 Å². The first-order valence-electron chi connectivity index (χ1n) is 9.89. The number of hydrazine groups is 1. The van der Waals surface area contributed by atoms with Crippen LogP contribution in [0.1, 0.15) is 41.4 Å². The quantitative estimate of drug-likeness (QED) is 0.682. The fourth-order valence-corrected chi connectivity index (χ4v) is 4.06. The first-order valence-corrected chi connectivity index (χ1v) is 10.3. The van der Waals surface area contributed by atoms with Crippen LogP contribution in [0.5, 0.6) is 0 Å². The Balaban J connectivity index is 1.62. The van der Waals surface area contributed by atoms with Crippen LogP contribution in [0, 0.1) is 0 Å². The van der Waals surface area contributed by atoms with Crippen molar-refractivity contribution in [1.29, 1.82) is 0 Å². The van der Waals surface area contributed by atoms with Gasteiger partial charge in [0.15, 0.2) is 0 Å². The van der Waals surface area contributed by atoms with E-state index in [9.17, 15) is 22.8 Å². The summed E-state index contributed by atoms with van der Waals surface area (Å²) in [4.78, 5) is 26.2.